The summed E-state index contributed by atoms with van der Waals surface area (Å²) in [4.78, 5) is 19.7. The fourth-order valence-electron chi connectivity index (χ4n) is 1.38. The van der Waals surface area contributed by atoms with Crippen molar-refractivity contribution in [2.24, 2.45) is 0 Å². The van der Waals surface area contributed by atoms with Crippen LogP contribution < -0.4 is 0 Å². The Morgan fingerprint density at radius 1 is 1.45 bits per heavy atom. The average molecular weight is 293 g/mol. The zero-order valence-corrected chi connectivity index (χ0v) is 12.3. The fraction of sp³-hybridized carbons (Fsp3) is 0.385. The maximum Gasteiger partial charge on any atom is 0.354 e. The van der Waals surface area contributed by atoms with E-state index in [1.807, 2.05) is 20.8 Å². The first-order chi connectivity index (χ1) is 9.36. The second kappa shape index (κ2) is 5.62. The highest BCUT2D eigenvalue weighted by atomic mass is 32.2. The molecule has 0 unspecified atom stereocenters. The molecule has 0 fully saturated rings. The number of hydrogen-bond donors (Lipinski definition) is 1. The molecule has 0 bridgehead atoms. The molecule has 0 aliphatic carbocycles. The Balaban J connectivity index is 2.04. The normalized spacial score (nSPS) is 11.6. The molecule has 2 rings (SSSR count). The van der Waals surface area contributed by atoms with Crippen LogP contribution in [-0.4, -0.2) is 26.2 Å². The molecule has 0 spiro atoms. The molecular weight excluding hydrogens is 278 g/mol. The van der Waals surface area contributed by atoms with Gasteiger partial charge in [-0.2, -0.15) is 4.98 Å². The van der Waals surface area contributed by atoms with Gasteiger partial charge in [0.25, 0.3) is 0 Å². The van der Waals surface area contributed by atoms with Crippen LogP contribution in [0.3, 0.4) is 0 Å². The predicted octanol–water partition coefficient (Wildman–Crippen LogP) is 2.75. The minimum atomic E-state index is -1.04. The molecule has 20 heavy (non-hydrogen) atoms. The monoisotopic (exact) mass is 293 g/mol. The summed E-state index contributed by atoms with van der Waals surface area (Å²) in [5, 5.41) is 12.8. The molecule has 106 valence electrons. The number of aromatic carboxylic acids is 1. The van der Waals surface area contributed by atoms with Crippen molar-refractivity contribution in [2.75, 3.05) is 0 Å². The summed E-state index contributed by atoms with van der Waals surface area (Å²) in [6, 6.07) is 3.28. The number of rotatable bonds is 4. The Morgan fingerprint density at radius 3 is 2.80 bits per heavy atom. The molecule has 2 aromatic heterocycles. The first-order valence-corrected chi connectivity index (χ1v) is 7.00. The van der Waals surface area contributed by atoms with Gasteiger partial charge in [-0.05, 0) is 12.1 Å². The van der Waals surface area contributed by atoms with E-state index in [1.54, 1.807) is 6.07 Å². The Morgan fingerprint density at radius 2 is 2.20 bits per heavy atom. The average Bonchev–Trinajstić information content (AvgIpc) is 2.85. The van der Waals surface area contributed by atoms with Gasteiger partial charge in [-0.25, -0.2) is 9.78 Å². The molecular formula is C13H15N3O3S. The summed E-state index contributed by atoms with van der Waals surface area (Å²) in [6.07, 6.45) is 1.47. The van der Waals surface area contributed by atoms with Gasteiger partial charge in [-0.3, -0.25) is 0 Å². The van der Waals surface area contributed by atoms with Crippen molar-refractivity contribution in [3.8, 4) is 0 Å². The van der Waals surface area contributed by atoms with Crippen molar-refractivity contribution in [3.05, 3.63) is 35.7 Å². The van der Waals surface area contributed by atoms with Crippen LogP contribution in [0.15, 0.2) is 27.7 Å². The summed E-state index contributed by atoms with van der Waals surface area (Å²) in [5.41, 5.74) is -0.151. The third-order valence-electron chi connectivity index (χ3n) is 2.43. The number of pyridine rings is 1. The molecule has 0 aliphatic rings. The highest BCUT2D eigenvalue weighted by Crippen LogP contribution is 2.24. The summed E-state index contributed by atoms with van der Waals surface area (Å²) < 4.78 is 5.20. The number of hydrogen-bond acceptors (Lipinski definition) is 6. The quantitative estimate of drug-likeness (QED) is 0.867. The molecule has 0 aliphatic heterocycles. The number of nitrogens with zero attached hydrogens (tertiary/aromatic N) is 3. The van der Waals surface area contributed by atoms with Gasteiger partial charge in [-0.15, -0.1) is 11.8 Å². The summed E-state index contributed by atoms with van der Waals surface area (Å²) in [6.45, 7) is 6.00. The lowest BCUT2D eigenvalue weighted by Gasteiger charge is -2.10. The van der Waals surface area contributed by atoms with Gasteiger partial charge in [0.2, 0.25) is 5.89 Å². The first kappa shape index (κ1) is 14.5. The number of carbonyl (C=O) groups is 1. The maximum atomic E-state index is 10.8. The van der Waals surface area contributed by atoms with E-state index in [0.29, 0.717) is 17.5 Å². The summed E-state index contributed by atoms with van der Waals surface area (Å²) in [5.74, 6) is 0.660. The smallest absolute Gasteiger partial charge is 0.354 e. The van der Waals surface area contributed by atoms with Crippen LogP contribution in [0.25, 0.3) is 0 Å². The molecule has 0 aromatic carbocycles. The molecule has 0 atom stereocenters. The second-order valence-electron chi connectivity index (χ2n) is 5.24. The lowest BCUT2D eigenvalue weighted by molar-refractivity contribution is 0.0690. The van der Waals surface area contributed by atoms with E-state index >= 15 is 0 Å². The molecule has 0 radical (unpaired) electrons. The van der Waals surface area contributed by atoms with Gasteiger partial charge >= 0.3 is 5.97 Å². The SMILES string of the molecule is CC(C)(C)c1nc(CSc2ccnc(C(=O)O)c2)no1. The molecule has 6 nitrogen and oxygen atoms in total. The minimum Gasteiger partial charge on any atom is -0.477 e. The molecule has 7 heteroatoms. The van der Waals surface area contributed by atoms with E-state index in [0.717, 1.165) is 4.90 Å². The minimum absolute atomic E-state index is 0.0264. The predicted molar refractivity (Wildman–Crippen MR) is 73.8 cm³/mol. The van der Waals surface area contributed by atoms with Crippen LogP contribution >= 0.6 is 11.8 Å². The van der Waals surface area contributed by atoms with Crippen LogP contribution in [0.2, 0.25) is 0 Å². The third kappa shape index (κ3) is 3.57. The van der Waals surface area contributed by atoms with E-state index < -0.39 is 5.97 Å². The van der Waals surface area contributed by atoms with Gasteiger partial charge in [0, 0.05) is 16.5 Å². The van der Waals surface area contributed by atoms with Crippen molar-refractivity contribution < 1.29 is 14.4 Å². The lowest BCUT2D eigenvalue weighted by Crippen LogP contribution is -2.11. The van der Waals surface area contributed by atoms with Crippen molar-refractivity contribution in [1.82, 2.24) is 15.1 Å². The van der Waals surface area contributed by atoms with E-state index in [2.05, 4.69) is 15.1 Å². The summed E-state index contributed by atoms with van der Waals surface area (Å²) in [7, 11) is 0. The van der Waals surface area contributed by atoms with Crippen LogP contribution in [0.1, 0.15) is 43.0 Å². The van der Waals surface area contributed by atoms with Gasteiger partial charge < -0.3 is 9.63 Å². The molecule has 0 saturated carbocycles. The van der Waals surface area contributed by atoms with E-state index in [1.165, 1.54) is 24.0 Å². The number of carboxylic acids is 1. The van der Waals surface area contributed by atoms with E-state index in [9.17, 15) is 4.79 Å². The number of aromatic nitrogens is 3. The van der Waals surface area contributed by atoms with E-state index in [4.69, 9.17) is 9.63 Å². The Kier molecular flexibility index (Phi) is 4.08. The lowest BCUT2D eigenvalue weighted by atomic mass is 9.97. The van der Waals surface area contributed by atoms with Gasteiger partial charge in [0.05, 0.1) is 5.75 Å². The first-order valence-electron chi connectivity index (χ1n) is 6.01. The Hall–Kier alpha value is -1.89. The topological polar surface area (TPSA) is 89.1 Å². The second-order valence-corrected chi connectivity index (χ2v) is 6.29. The zero-order valence-electron chi connectivity index (χ0n) is 11.5. The van der Waals surface area contributed by atoms with Crippen molar-refractivity contribution >= 4 is 17.7 Å². The van der Waals surface area contributed by atoms with Gasteiger partial charge in [0.15, 0.2) is 5.82 Å². The molecule has 2 aromatic rings. The van der Waals surface area contributed by atoms with E-state index in [-0.39, 0.29) is 11.1 Å². The van der Waals surface area contributed by atoms with Crippen LogP contribution in [-0.2, 0) is 11.2 Å². The van der Waals surface area contributed by atoms with Gasteiger partial charge in [0.1, 0.15) is 5.69 Å². The van der Waals surface area contributed by atoms with Crippen molar-refractivity contribution in [2.45, 2.75) is 36.8 Å². The highest BCUT2D eigenvalue weighted by Gasteiger charge is 2.21. The largest absolute Gasteiger partial charge is 0.477 e. The molecule has 0 saturated heterocycles. The van der Waals surface area contributed by atoms with Crippen LogP contribution in [0, 0.1) is 0 Å². The maximum absolute atomic E-state index is 10.8. The summed E-state index contributed by atoms with van der Waals surface area (Å²) >= 11 is 1.44. The fourth-order valence-corrected chi connectivity index (χ4v) is 2.15. The molecule has 0 amide bonds. The van der Waals surface area contributed by atoms with Crippen molar-refractivity contribution in [3.63, 3.8) is 0 Å². The van der Waals surface area contributed by atoms with Crippen LogP contribution in [0.5, 0.6) is 0 Å². The Labute approximate surface area is 120 Å². The standard InChI is InChI=1S/C13H15N3O3S/c1-13(2,3)12-15-10(16-19-12)7-20-8-4-5-14-9(6-8)11(17)18/h4-6H,7H2,1-3H3,(H,17,18). The molecule has 1 N–H and O–H groups in total. The molecule has 2 heterocycles. The van der Waals surface area contributed by atoms with Gasteiger partial charge in [-0.1, -0.05) is 25.9 Å². The number of thioether (sulfide) groups is 1. The third-order valence-corrected chi connectivity index (χ3v) is 3.42. The Bertz CT molecular complexity index is 619. The highest BCUT2D eigenvalue weighted by molar-refractivity contribution is 7.98. The number of carboxylic acid groups (broad SMARTS) is 1. The zero-order chi connectivity index (χ0) is 14.8. The van der Waals surface area contributed by atoms with Crippen molar-refractivity contribution in [1.29, 1.82) is 0 Å². The van der Waals surface area contributed by atoms with Crippen LogP contribution in [0.4, 0.5) is 0 Å².